The molecule has 35 heavy (non-hydrogen) atoms. The predicted octanol–water partition coefficient (Wildman–Crippen LogP) is 5.90. The van der Waals surface area contributed by atoms with Gasteiger partial charge in [-0.1, -0.05) is 40.0 Å². The normalized spacial score (nSPS) is 21.9. The maximum absolute atomic E-state index is 6.01. The minimum atomic E-state index is 0.298. The van der Waals surface area contributed by atoms with Crippen LogP contribution in [-0.2, 0) is 13.1 Å². The van der Waals surface area contributed by atoms with Crippen LogP contribution in [0.2, 0.25) is 0 Å². The number of hydrogen-bond acceptors (Lipinski definition) is 6. The number of nitrogens with two attached hydrogens (primary N) is 1. The van der Waals surface area contributed by atoms with E-state index in [1.807, 2.05) is 6.20 Å². The number of rotatable bonds is 8. The highest BCUT2D eigenvalue weighted by Crippen LogP contribution is 2.36. The second-order valence-corrected chi connectivity index (χ2v) is 11.3. The summed E-state index contributed by atoms with van der Waals surface area (Å²) in [6.45, 7) is 10.3. The number of aromatic nitrogens is 5. The van der Waals surface area contributed by atoms with Gasteiger partial charge < -0.3 is 15.6 Å². The van der Waals surface area contributed by atoms with Gasteiger partial charge in [-0.3, -0.25) is 4.98 Å². The summed E-state index contributed by atoms with van der Waals surface area (Å²) in [5.74, 6) is 4.97. The second kappa shape index (κ2) is 10.2. The molecule has 5 rings (SSSR count). The Hall–Kier alpha value is -2.54. The van der Waals surface area contributed by atoms with E-state index in [2.05, 4.69) is 49.7 Å². The first-order chi connectivity index (χ1) is 16.9. The van der Waals surface area contributed by atoms with Crippen LogP contribution in [0.1, 0.15) is 89.9 Å². The quantitative estimate of drug-likeness (QED) is 0.421. The second-order valence-electron chi connectivity index (χ2n) is 11.3. The van der Waals surface area contributed by atoms with Gasteiger partial charge in [0.05, 0.1) is 6.54 Å². The molecule has 2 aliphatic rings. The zero-order valence-corrected chi connectivity index (χ0v) is 21.8. The van der Waals surface area contributed by atoms with Crippen molar-refractivity contribution >= 4 is 17.0 Å². The highest BCUT2D eigenvalue weighted by Gasteiger charge is 2.28. The van der Waals surface area contributed by atoms with E-state index in [1.165, 1.54) is 50.5 Å². The Labute approximate surface area is 209 Å². The standard InChI is InChI=1S/C28H41N7/c1-17(2)22-12-13-30-23(14-22)28-34-27-25(35(28)16-20-10-8-18(3)9-11-20)26(32-24(15-29)33-27)31-19(4)21-6-5-7-21/h12-14,17-21H,5-11,15-16,29H2,1-4H3,(H,31,32,33). The predicted molar refractivity (Wildman–Crippen MR) is 142 cm³/mol. The number of fused-ring (bicyclic) bond motifs is 1. The molecule has 3 aromatic heterocycles. The first-order valence-electron chi connectivity index (χ1n) is 13.6. The Bertz CT molecular complexity index is 1160. The van der Waals surface area contributed by atoms with Crippen LogP contribution >= 0.6 is 0 Å². The molecule has 188 valence electrons. The molecule has 2 aliphatic carbocycles. The van der Waals surface area contributed by atoms with Crippen molar-refractivity contribution in [3.8, 4) is 11.5 Å². The highest BCUT2D eigenvalue weighted by atomic mass is 15.2. The summed E-state index contributed by atoms with van der Waals surface area (Å²) >= 11 is 0. The van der Waals surface area contributed by atoms with Crippen LogP contribution in [0.25, 0.3) is 22.7 Å². The summed E-state index contributed by atoms with van der Waals surface area (Å²) in [6.07, 6.45) is 10.9. The Morgan fingerprint density at radius 3 is 2.49 bits per heavy atom. The van der Waals surface area contributed by atoms with Crippen LogP contribution in [0.4, 0.5) is 5.82 Å². The Kier molecular flexibility index (Phi) is 7.05. The Morgan fingerprint density at radius 2 is 1.83 bits per heavy atom. The lowest BCUT2D eigenvalue weighted by atomic mass is 9.80. The van der Waals surface area contributed by atoms with Crippen molar-refractivity contribution in [2.24, 2.45) is 23.5 Å². The van der Waals surface area contributed by atoms with Gasteiger partial charge in [-0.2, -0.15) is 0 Å². The summed E-state index contributed by atoms with van der Waals surface area (Å²) in [6, 6.07) is 4.65. The molecule has 0 bridgehead atoms. The topological polar surface area (TPSA) is 94.5 Å². The van der Waals surface area contributed by atoms with Crippen LogP contribution in [0.15, 0.2) is 18.3 Å². The lowest BCUT2D eigenvalue weighted by molar-refractivity contribution is 0.267. The number of nitrogens with one attached hydrogen (secondary N) is 1. The maximum atomic E-state index is 6.01. The van der Waals surface area contributed by atoms with Gasteiger partial charge in [-0.15, -0.1) is 0 Å². The van der Waals surface area contributed by atoms with Gasteiger partial charge in [-0.05, 0) is 74.0 Å². The molecular weight excluding hydrogens is 434 g/mol. The fraction of sp³-hybridized carbons (Fsp3) is 0.643. The zero-order valence-electron chi connectivity index (χ0n) is 21.8. The van der Waals surface area contributed by atoms with Crippen molar-refractivity contribution in [2.75, 3.05) is 5.32 Å². The van der Waals surface area contributed by atoms with Crippen molar-refractivity contribution in [1.29, 1.82) is 0 Å². The van der Waals surface area contributed by atoms with Crippen molar-refractivity contribution in [3.05, 3.63) is 29.7 Å². The van der Waals surface area contributed by atoms with Crippen LogP contribution in [0.5, 0.6) is 0 Å². The summed E-state index contributed by atoms with van der Waals surface area (Å²) in [5.41, 5.74) is 9.91. The molecule has 0 radical (unpaired) electrons. The molecule has 0 aromatic carbocycles. The lowest BCUT2D eigenvalue weighted by Gasteiger charge is -2.32. The summed E-state index contributed by atoms with van der Waals surface area (Å²) in [4.78, 5) is 19.5. The molecular formula is C28H41N7. The number of nitrogens with zero attached hydrogens (tertiary/aromatic N) is 5. The van der Waals surface area contributed by atoms with E-state index in [4.69, 9.17) is 25.7 Å². The first-order valence-corrected chi connectivity index (χ1v) is 13.6. The molecule has 3 N–H and O–H groups in total. The molecule has 2 fully saturated rings. The van der Waals surface area contributed by atoms with E-state index in [9.17, 15) is 0 Å². The maximum Gasteiger partial charge on any atom is 0.184 e. The van der Waals surface area contributed by atoms with Crippen molar-refractivity contribution in [3.63, 3.8) is 0 Å². The fourth-order valence-corrected chi connectivity index (χ4v) is 5.62. The van der Waals surface area contributed by atoms with Crippen LogP contribution in [-0.4, -0.2) is 30.5 Å². The molecule has 1 atom stereocenters. The third kappa shape index (κ3) is 5.06. The summed E-state index contributed by atoms with van der Waals surface area (Å²) in [7, 11) is 0. The average Bonchev–Trinajstić information content (AvgIpc) is 3.17. The number of pyridine rings is 1. The third-order valence-electron chi connectivity index (χ3n) is 8.31. The van der Waals surface area contributed by atoms with Crippen molar-refractivity contribution in [1.82, 2.24) is 24.5 Å². The summed E-state index contributed by atoms with van der Waals surface area (Å²) in [5, 5.41) is 3.75. The molecule has 0 saturated heterocycles. The number of hydrogen-bond donors (Lipinski definition) is 2. The molecule has 3 heterocycles. The van der Waals surface area contributed by atoms with Gasteiger partial charge in [0, 0.05) is 18.8 Å². The first kappa shape index (κ1) is 24.2. The molecule has 2 saturated carbocycles. The van der Waals surface area contributed by atoms with E-state index in [0.29, 0.717) is 36.2 Å². The zero-order chi connectivity index (χ0) is 24.5. The van der Waals surface area contributed by atoms with Crippen LogP contribution in [0.3, 0.4) is 0 Å². The number of imidazole rings is 1. The summed E-state index contributed by atoms with van der Waals surface area (Å²) < 4.78 is 2.36. The Balaban J connectivity index is 1.63. The van der Waals surface area contributed by atoms with Crippen LogP contribution in [0, 0.1) is 17.8 Å². The third-order valence-corrected chi connectivity index (χ3v) is 8.31. The molecule has 1 unspecified atom stereocenters. The minimum absolute atomic E-state index is 0.298. The van der Waals surface area contributed by atoms with Crippen LogP contribution < -0.4 is 11.1 Å². The molecule has 3 aromatic rings. The molecule has 0 spiro atoms. The van der Waals surface area contributed by atoms with E-state index in [1.54, 1.807) is 0 Å². The highest BCUT2D eigenvalue weighted by molar-refractivity contribution is 5.87. The average molecular weight is 476 g/mol. The van der Waals surface area contributed by atoms with Gasteiger partial charge in [0.1, 0.15) is 17.0 Å². The van der Waals surface area contributed by atoms with E-state index >= 15 is 0 Å². The fourth-order valence-electron chi connectivity index (χ4n) is 5.62. The lowest BCUT2D eigenvalue weighted by Crippen LogP contribution is -2.31. The van der Waals surface area contributed by atoms with Gasteiger partial charge in [0.25, 0.3) is 0 Å². The van der Waals surface area contributed by atoms with E-state index in [-0.39, 0.29) is 0 Å². The van der Waals surface area contributed by atoms with Crippen molar-refractivity contribution in [2.45, 2.75) is 97.7 Å². The van der Waals surface area contributed by atoms with Gasteiger partial charge in [0.15, 0.2) is 17.3 Å². The monoisotopic (exact) mass is 475 g/mol. The van der Waals surface area contributed by atoms with Gasteiger partial charge in [0.2, 0.25) is 0 Å². The largest absolute Gasteiger partial charge is 0.365 e. The molecule has 7 nitrogen and oxygen atoms in total. The Morgan fingerprint density at radius 1 is 1.06 bits per heavy atom. The number of anilines is 1. The van der Waals surface area contributed by atoms with Crippen molar-refractivity contribution < 1.29 is 0 Å². The van der Waals surface area contributed by atoms with Gasteiger partial charge in [-0.25, -0.2) is 15.0 Å². The minimum Gasteiger partial charge on any atom is -0.365 e. The molecule has 7 heteroatoms. The van der Waals surface area contributed by atoms with Gasteiger partial charge >= 0.3 is 0 Å². The molecule has 0 amide bonds. The van der Waals surface area contributed by atoms with E-state index < -0.39 is 0 Å². The van der Waals surface area contributed by atoms with E-state index in [0.717, 1.165) is 41.0 Å². The molecule has 0 aliphatic heterocycles. The SMILES string of the molecule is CC1CCC(Cn2c(-c3cc(C(C)C)ccn3)nc3nc(CN)nc(NC(C)C4CCC4)c32)CC1. The smallest absolute Gasteiger partial charge is 0.184 e.